The van der Waals surface area contributed by atoms with Gasteiger partial charge in [-0.05, 0) is 37.3 Å². The molecule has 0 unspecified atom stereocenters. The lowest BCUT2D eigenvalue weighted by Gasteiger charge is -1.99. The highest BCUT2D eigenvalue weighted by atomic mass is 35.5. The van der Waals surface area contributed by atoms with Crippen LogP contribution in [0.4, 0.5) is 0 Å². The van der Waals surface area contributed by atoms with Gasteiger partial charge in [0.25, 0.3) is 0 Å². The molecule has 2 heterocycles. The summed E-state index contributed by atoms with van der Waals surface area (Å²) in [5.74, 6) is 0. The predicted octanol–water partition coefficient (Wildman–Crippen LogP) is 4.22. The van der Waals surface area contributed by atoms with E-state index in [1.165, 1.54) is 47.9 Å². The summed E-state index contributed by atoms with van der Waals surface area (Å²) < 4.78 is 0. The van der Waals surface area contributed by atoms with Crippen LogP contribution in [-0.2, 0) is 12.8 Å². The maximum atomic E-state index is 6.26. The van der Waals surface area contributed by atoms with Gasteiger partial charge < -0.3 is 0 Å². The molecule has 2 aromatic heterocycles. The van der Waals surface area contributed by atoms with Crippen LogP contribution in [0.3, 0.4) is 0 Å². The highest BCUT2D eigenvalue weighted by Gasteiger charge is 2.16. The molecule has 0 amide bonds. The van der Waals surface area contributed by atoms with E-state index in [9.17, 15) is 0 Å². The fraction of sp³-hybridized carbons (Fsp3) is 0.417. The molecule has 0 fully saturated rings. The normalized spacial score (nSPS) is 16.3. The van der Waals surface area contributed by atoms with Crippen molar-refractivity contribution < 1.29 is 0 Å². The predicted molar refractivity (Wildman–Crippen MR) is 65.9 cm³/mol. The van der Waals surface area contributed by atoms with Gasteiger partial charge in [0.05, 0.1) is 5.02 Å². The van der Waals surface area contributed by atoms with Gasteiger partial charge in [-0.1, -0.05) is 18.0 Å². The Morgan fingerprint density at radius 3 is 3.00 bits per heavy atom. The van der Waals surface area contributed by atoms with Crippen molar-refractivity contribution in [2.75, 3.05) is 0 Å². The average Bonchev–Trinajstić information content (AvgIpc) is 2.43. The molecule has 2 aromatic rings. The molecular formula is C12H12ClNS. The summed E-state index contributed by atoms with van der Waals surface area (Å²) in [6.45, 7) is 0. The number of thiophene rings is 1. The highest BCUT2D eigenvalue weighted by molar-refractivity contribution is 7.19. The molecule has 0 aromatic carbocycles. The van der Waals surface area contributed by atoms with Crippen molar-refractivity contribution in [1.29, 1.82) is 0 Å². The van der Waals surface area contributed by atoms with Gasteiger partial charge in [-0.25, -0.2) is 4.98 Å². The van der Waals surface area contributed by atoms with Crippen molar-refractivity contribution in [3.05, 3.63) is 27.7 Å². The minimum Gasteiger partial charge on any atom is -0.245 e. The lowest BCUT2D eigenvalue weighted by atomic mass is 10.1. The van der Waals surface area contributed by atoms with E-state index in [0.717, 1.165) is 9.85 Å². The summed E-state index contributed by atoms with van der Waals surface area (Å²) in [5, 5.41) is 2.10. The fourth-order valence-electron chi connectivity index (χ4n) is 2.32. The molecule has 0 saturated carbocycles. The van der Waals surface area contributed by atoms with Gasteiger partial charge in [0.1, 0.15) is 4.83 Å². The first-order valence-electron chi connectivity index (χ1n) is 5.41. The molecule has 3 rings (SSSR count). The van der Waals surface area contributed by atoms with E-state index in [2.05, 4.69) is 4.98 Å². The van der Waals surface area contributed by atoms with Crippen molar-refractivity contribution in [2.24, 2.45) is 0 Å². The number of hydrogen-bond acceptors (Lipinski definition) is 2. The molecular weight excluding hydrogens is 226 g/mol. The van der Waals surface area contributed by atoms with Gasteiger partial charge in [0.2, 0.25) is 0 Å². The minimum atomic E-state index is 0.874. The Kier molecular flexibility index (Phi) is 2.41. The van der Waals surface area contributed by atoms with Crippen LogP contribution in [-0.4, -0.2) is 4.98 Å². The lowest BCUT2D eigenvalue weighted by Crippen LogP contribution is -1.84. The Hall–Kier alpha value is -0.600. The number of hydrogen-bond donors (Lipinski definition) is 0. The number of fused-ring (bicyclic) bond motifs is 3. The number of rotatable bonds is 0. The minimum absolute atomic E-state index is 0.874. The van der Waals surface area contributed by atoms with E-state index in [4.69, 9.17) is 11.6 Å². The third kappa shape index (κ3) is 1.56. The van der Waals surface area contributed by atoms with Gasteiger partial charge >= 0.3 is 0 Å². The molecule has 15 heavy (non-hydrogen) atoms. The van der Waals surface area contributed by atoms with Crippen LogP contribution >= 0.6 is 22.9 Å². The lowest BCUT2D eigenvalue weighted by molar-refractivity contribution is 0.713. The maximum absolute atomic E-state index is 6.26. The van der Waals surface area contributed by atoms with E-state index in [1.807, 2.05) is 17.4 Å². The molecule has 1 nitrogen and oxygen atoms in total. The van der Waals surface area contributed by atoms with Gasteiger partial charge in [-0.2, -0.15) is 0 Å². The van der Waals surface area contributed by atoms with Crippen LogP contribution in [0.15, 0.2) is 12.3 Å². The van der Waals surface area contributed by atoms with E-state index in [-0.39, 0.29) is 0 Å². The van der Waals surface area contributed by atoms with Gasteiger partial charge in [-0.3, -0.25) is 0 Å². The second-order valence-electron chi connectivity index (χ2n) is 4.04. The number of aryl methyl sites for hydroxylation is 2. The van der Waals surface area contributed by atoms with Crippen molar-refractivity contribution in [2.45, 2.75) is 32.1 Å². The van der Waals surface area contributed by atoms with Crippen molar-refractivity contribution in [3.8, 4) is 0 Å². The standard InChI is InChI=1S/C12H12ClNS/c13-9-6-7-14-12-11(9)8-4-2-1-3-5-10(8)15-12/h6-7H,1-5H2. The third-order valence-electron chi connectivity index (χ3n) is 3.05. The van der Waals surface area contributed by atoms with Gasteiger partial charge in [0.15, 0.2) is 0 Å². The summed E-state index contributed by atoms with van der Waals surface area (Å²) in [4.78, 5) is 7.05. The van der Waals surface area contributed by atoms with Crippen LogP contribution in [0.25, 0.3) is 10.2 Å². The largest absolute Gasteiger partial charge is 0.245 e. The van der Waals surface area contributed by atoms with Crippen LogP contribution in [0.5, 0.6) is 0 Å². The second kappa shape index (κ2) is 3.76. The topological polar surface area (TPSA) is 12.9 Å². The van der Waals surface area contributed by atoms with Crippen molar-refractivity contribution in [1.82, 2.24) is 4.98 Å². The second-order valence-corrected chi connectivity index (χ2v) is 5.53. The van der Waals surface area contributed by atoms with E-state index in [1.54, 1.807) is 6.20 Å². The van der Waals surface area contributed by atoms with Crippen molar-refractivity contribution in [3.63, 3.8) is 0 Å². The molecule has 0 N–H and O–H groups in total. The SMILES string of the molecule is Clc1ccnc2sc3c(c12)CCCCC3. The summed E-state index contributed by atoms with van der Waals surface area (Å²) >= 11 is 8.09. The molecule has 0 saturated heterocycles. The summed E-state index contributed by atoms with van der Waals surface area (Å²) in [7, 11) is 0. The Morgan fingerprint density at radius 2 is 2.07 bits per heavy atom. The van der Waals surface area contributed by atoms with Crippen molar-refractivity contribution >= 4 is 33.2 Å². The molecule has 0 bridgehead atoms. The van der Waals surface area contributed by atoms with Gasteiger partial charge in [0, 0.05) is 16.5 Å². The molecule has 0 aliphatic heterocycles. The summed E-state index contributed by atoms with van der Waals surface area (Å²) in [6, 6.07) is 1.90. The van der Waals surface area contributed by atoms with E-state index >= 15 is 0 Å². The zero-order valence-corrected chi connectivity index (χ0v) is 10.00. The quantitative estimate of drug-likeness (QED) is 0.626. The Labute approximate surface area is 98.1 Å². The highest BCUT2D eigenvalue weighted by Crippen LogP contribution is 2.37. The Balaban J connectivity index is 2.29. The third-order valence-corrected chi connectivity index (χ3v) is 4.57. The molecule has 0 spiro atoms. The van der Waals surface area contributed by atoms with Gasteiger partial charge in [-0.15, -0.1) is 11.3 Å². The average molecular weight is 238 g/mol. The zero-order valence-electron chi connectivity index (χ0n) is 8.42. The summed E-state index contributed by atoms with van der Waals surface area (Å²) in [6.07, 6.45) is 8.16. The first kappa shape index (κ1) is 9.61. The number of halogens is 1. The molecule has 1 aliphatic carbocycles. The summed E-state index contributed by atoms with van der Waals surface area (Å²) in [5.41, 5.74) is 1.48. The first-order valence-corrected chi connectivity index (χ1v) is 6.60. The fourth-order valence-corrected chi connectivity index (χ4v) is 3.89. The number of nitrogens with zero attached hydrogens (tertiary/aromatic N) is 1. The van der Waals surface area contributed by atoms with E-state index in [0.29, 0.717) is 0 Å². The molecule has 0 radical (unpaired) electrons. The molecule has 0 atom stereocenters. The zero-order chi connectivity index (χ0) is 10.3. The smallest absolute Gasteiger partial charge is 0.125 e. The van der Waals surface area contributed by atoms with E-state index < -0.39 is 0 Å². The Morgan fingerprint density at radius 1 is 1.20 bits per heavy atom. The monoisotopic (exact) mass is 237 g/mol. The molecule has 78 valence electrons. The van der Waals surface area contributed by atoms with Crippen LogP contribution in [0.2, 0.25) is 5.02 Å². The first-order chi connectivity index (χ1) is 7.36. The molecule has 1 aliphatic rings. The van der Waals surface area contributed by atoms with Crippen LogP contribution in [0.1, 0.15) is 29.7 Å². The maximum Gasteiger partial charge on any atom is 0.125 e. The molecule has 3 heteroatoms. The number of aromatic nitrogens is 1. The van der Waals surface area contributed by atoms with Crippen LogP contribution < -0.4 is 0 Å². The van der Waals surface area contributed by atoms with Crippen LogP contribution in [0, 0.1) is 0 Å². The number of pyridine rings is 1. The Bertz CT molecular complexity index is 504.